The third kappa shape index (κ3) is 6.53. The minimum atomic E-state index is -0.506. The SMILES string of the molecule is CCOC(=O)CCC(N)=C(C#N)CC(=O)OCC. The van der Waals surface area contributed by atoms with Crippen LogP contribution in [0.4, 0.5) is 0 Å². The summed E-state index contributed by atoms with van der Waals surface area (Å²) in [7, 11) is 0. The minimum absolute atomic E-state index is 0.0910. The van der Waals surface area contributed by atoms with Crippen molar-refractivity contribution < 1.29 is 19.1 Å². The molecule has 0 radical (unpaired) electrons. The molecule has 2 N–H and O–H groups in total. The van der Waals surface area contributed by atoms with Crippen LogP contribution in [0.25, 0.3) is 0 Å². The quantitative estimate of drug-likeness (QED) is 0.537. The van der Waals surface area contributed by atoms with E-state index < -0.39 is 5.97 Å². The second-order valence-electron chi connectivity index (χ2n) is 3.40. The second kappa shape index (κ2) is 9.05. The first-order valence-corrected chi connectivity index (χ1v) is 5.73. The summed E-state index contributed by atoms with van der Waals surface area (Å²) in [4.78, 5) is 22.3. The van der Waals surface area contributed by atoms with Crippen LogP contribution in [0.15, 0.2) is 11.3 Å². The molecule has 0 unspecified atom stereocenters. The highest BCUT2D eigenvalue weighted by Crippen LogP contribution is 2.10. The van der Waals surface area contributed by atoms with Gasteiger partial charge in [0, 0.05) is 5.70 Å². The summed E-state index contributed by atoms with van der Waals surface area (Å²) >= 11 is 0. The molecule has 0 bridgehead atoms. The van der Waals surface area contributed by atoms with Crippen molar-refractivity contribution in [1.29, 1.82) is 5.26 Å². The predicted molar refractivity (Wildman–Crippen MR) is 63.9 cm³/mol. The summed E-state index contributed by atoms with van der Waals surface area (Å²) in [5.74, 6) is -0.887. The van der Waals surface area contributed by atoms with Crippen molar-refractivity contribution >= 4 is 11.9 Å². The third-order valence-corrected chi connectivity index (χ3v) is 2.05. The average Bonchev–Trinajstić information content (AvgIpc) is 2.33. The Hall–Kier alpha value is -2.03. The van der Waals surface area contributed by atoms with Gasteiger partial charge < -0.3 is 15.2 Å². The van der Waals surface area contributed by atoms with E-state index >= 15 is 0 Å². The van der Waals surface area contributed by atoms with Crippen LogP contribution in [-0.2, 0) is 19.1 Å². The van der Waals surface area contributed by atoms with Gasteiger partial charge >= 0.3 is 11.9 Å². The zero-order valence-electron chi connectivity index (χ0n) is 10.7. The maximum atomic E-state index is 11.2. The number of ether oxygens (including phenoxy) is 2. The summed E-state index contributed by atoms with van der Waals surface area (Å²) in [5.41, 5.74) is 6.02. The van der Waals surface area contributed by atoms with Crippen LogP contribution in [0.5, 0.6) is 0 Å². The number of nitrogens with two attached hydrogens (primary N) is 1. The van der Waals surface area contributed by atoms with Crippen molar-refractivity contribution in [3.63, 3.8) is 0 Å². The molecule has 0 saturated heterocycles. The first-order valence-electron chi connectivity index (χ1n) is 5.73. The molecule has 0 fully saturated rings. The molecular weight excluding hydrogens is 236 g/mol. The molecule has 0 heterocycles. The Kier molecular flexibility index (Phi) is 8.03. The summed E-state index contributed by atoms with van der Waals surface area (Å²) in [6.45, 7) is 3.94. The molecular formula is C12H18N2O4. The molecule has 0 aliphatic rings. The Bertz CT molecular complexity index is 369. The number of allylic oxidation sites excluding steroid dienone is 1. The Morgan fingerprint density at radius 3 is 2.17 bits per heavy atom. The lowest BCUT2D eigenvalue weighted by Gasteiger charge is -2.05. The lowest BCUT2D eigenvalue weighted by atomic mass is 10.1. The number of nitrogens with zero attached hydrogens (tertiary/aromatic N) is 1. The van der Waals surface area contributed by atoms with E-state index in [1.807, 2.05) is 6.07 Å². The van der Waals surface area contributed by atoms with E-state index in [-0.39, 0.29) is 43.1 Å². The molecule has 0 aromatic rings. The Balaban J connectivity index is 4.40. The smallest absolute Gasteiger partial charge is 0.311 e. The van der Waals surface area contributed by atoms with Crippen molar-refractivity contribution in [2.45, 2.75) is 33.1 Å². The minimum Gasteiger partial charge on any atom is -0.466 e. The van der Waals surface area contributed by atoms with Crippen LogP contribution in [0.1, 0.15) is 33.1 Å². The van der Waals surface area contributed by atoms with E-state index in [0.717, 1.165) is 0 Å². The van der Waals surface area contributed by atoms with Crippen molar-refractivity contribution in [2.75, 3.05) is 13.2 Å². The molecule has 0 spiro atoms. The van der Waals surface area contributed by atoms with Gasteiger partial charge in [-0.05, 0) is 20.3 Å². The van der Waals surface area contributed by atoms with Crippen molar-refractivity contribution in [2.24, 2.45) is 5.73 Å². The van der Waals surface area contributed by atoms with E-state index in [2.05, 4.69) is 0 Å². The topological polar surface area (TPSA) is 102 Å². The van der Waals surface area contributed by atoms with Gasteiger partial charge in [-0.2, -0.15) is 5.26 Å². The van der Waals surface area contributed by atoms with Gasteiger partial charge in [-0.15, -0.1) is 0 Å². The van der Waals surface area contributed by atoms with E-state index in [4.69, 9.17) is 20.5 Å². The largest absolute Gasteiger partial charge is 0.466 e. The van der Waals surface area contributed by atoms with E-state index in [9.17, 15) is 9.59 Å². The molecule has 6 heteroatoms. The monoisotopic (exact) mass is 254 g/mol. The van der Waals surface area contributed by atoms with Crippen LogP contribution in [-0.4, -0.2) is 25.2 Å². The molecule has 0 aromatic carbocycles. The maximum Gasteiger partial charge on any atom is 0.311 e. The molecule has 0 aromatic heterocycles. The molecule has 0 saturated carbocycles. The van der Waals surface area contributed by atoms with Gasteiger partial charge in [0.2, 0.25) is 0 Å². The zero-order valence-corrected chi connectivity index (χ0v) is 10.7. The van der Waals surface area contributed by atoms with Gasteiger partial charge in [0.05, 0.1) is 37.7 Å². The number of esters is 2. The first-order chi connectivity index (χ1) is 8.54. The Morgan fingerprint density at radius 1 is 1.11 bits per heavy atom. The van der Waals surface area contributed by atoms with E-state index in [1.54, 1.807) is 13.8 Å². The number of hydrogen-bond acceptors (Lipinski definition) is 6. The van der Waals surface area contributed by atoms with Crippen LogP contribution in [0, 0.1) is 11.3 Å². The standard InChI is InChI=1S/C12H18N2O4/c1-3-17-11(15)6-5-10(14)9(8-13)7-12(16)18-4-2/h3-7,14H2,1-2H3. The van der Waals surface area contributed by atoms with Crippen molar-refractivity contribution in [1.82, 2.24) is 0 Å². The summed E-state index contributed by atoms with van der Waals surface area (Å²) in [6, 6.07) is 1.85. The number of carbonyl (C=O) groups is 2. The lowest BCUT2D eigenvalue weighted by Crippen LogP contribution is -2.11. The molecule has 100 valence electrons. The summed E-state index contributed by atoms with van der Waals surface area (Å²) < 4.78 is 9.45. The molecule has 0 amide bonds. The fourth-order valence-electron chi connectivity index (χ4n) is 1.20. The van der Waals surface area contributed by atoms with Crippen LogP contribution in [0.2, 0.25) is 0 Å². The van der Waals surface area contributed by atoms with Gasteiger partial charge in [-0.3, -0.25) is 9.59 Å². The molecule has 0 aliphatic heterocycles. The molecule has 0 atom stereocenters. The van der Waals surface area contributed by atoms with Crippen molar-refractivity contribution in [3.8, 4) is 6.07 Å². The fourth-order valence-corrected chi connectivity index (χ4v) is 1.20. The third-order valence-electron chi connectivity index (χ3n) is 2.05. The van der Waals surface area contributed by atoms with E-state index in [0.29, 0.717) is 6.61 Å². The lowest BCUT2D eigenvalue weighted by molar-refractivity contribution is -0.143. The van der Waals surface area contributed by atoms with Crippen LogP contribution >= 0.6 is 0 Å². The number of carbonyl (C=O) groups excluding carboxylic acids is 2. The molecule has 0 aliphatic carbocycles. The molecule has 6 nitrogen and oxygen atoms in total. The number of rotatable bonds is 7. The van der Waals surface area contributed by atoms with E-state index in [1.165, 1.54) is 0 Å². The zero-order chi connectivity index (χ0) is 14.0. The highest BCUT2D eigenvalue weighted by molar-refractivity contribution is 5.74. The van der Waals surface area contributed by atoms with Crippen LogP contribution in [0.3, 0.4) is 0 Å². The average molecular weight is 254 g/mol. The summed E-state index contributed by atoms with van der Waals surface area (Å²) in [5, 5.41) is 8.87. The Labute approximate surface area is 106 Å². The number of hydrogen-bond donors (Lipinski definition) is 1. The highest BCUT2D eigenvalue weighted by atomic mass is 16.5. The van der Waals surface area contributed by atoms with Gasteiger partial charge in [0.1, 0.15) is 0 Å². The highest BCUT2D eigenvalue weighted by Gasteiger charge is 2.11. The van der Waals surface area contributed by atoms with Gasteiger partial charge in [0.15, 0.2) is 0 Å². The fraction of sp³-hybridized carbons (Fsp3) is 0.583. The number of nitriles is 1. The maximum absolute atomic E-state index is 11.2. The predicted octanol–water partition coefficient (Wildman–Crippen LogP) is 1.02. The second-order valence-corrected chi connectivity index (χ2v) is 3.40. The molecule has 18 heavy (non-hydrogen) atoms. The Morgan fingerprint density at radius 2 is 1.67 bits per heavy atom. The van der Waals surface area contributed by atoms with Gasteiger partial charge in [-0.25, -0.2) is 0 Å². The van der Waals surface area contributed by atoms with Crippen molar-refractivity contribution in [3.05, 3.63) is 11.3 Å². The first kappa shape index (κ1) is 16.0. The summed E-state index contributed by atoms with van der Waals surface area (Å²) in [6.07, 6.45) is 0.119. The van der Waals surface area contributed by atoms with Crippen LogP contribution < -0.4 is 5.73 Å². The molecule has 0 rings (SSSR count). The van der Waals surface area contributed by atoms with Gasteiger partial charge in [-0.1, -0.05) is 0 Å². The normalized spacial score (nSPS) is 11.2. The van der Waals surface area contributed by atoms with Gasteiger partial charge in [0.25, 0.3) is 0 Å².